The highest BCUT2D eigenvalue weighted by molar-refractivity contribution is 5.74. The highest BCUT2D eigenvalue weighted by atomic mass is 35.7. The zero-order valence-corrected chi connectivity index (χ0v) is 20.4. The van der Waals surface area contributed by atoms with E-state index in [1.54, 1.807) is 0 Å². The van der Waals surface area contributed by atoms with E-state index in [9.17, 15) is 0 Å². The van der Waals surface area contributed by atoms with Gasteiger partial charge in [0.25, 0.3) is 0 Å². The summed E-state index contributed by atoms with van der Waals surface area (Å²) in [6, 6.07) is 45.3. The van der Waals surface area contributed by atoms with Crippen molar-refractivity contribution in [3.63, 3.8) is 0 Å². The van der Waals surface area contributed by atoms with Crippen LogP contribution >= 0.6 is 0 Å². The van der Waals surface area contributed by atoms with Crippen LogP contribution in [0, 0.1) is 17.2 Å². The second-order valence-corrected chi connectivity index (χ2v) is 8.97. The lowest BCUT2D eigenvalue weighted by atomic mass is 9.98. The van der Waals surface area contributed by atoms with Gasteiger partial charge in [-0.15, -0.1) is 0 Å². The Hall–Kier alpha value is -3.84. The van der Waals surface area contributed by atoms with Crippen molar-refractivity contribution in [1.82, 2.24) is 0 Å². The zero-order chi connectivity index (χ0) is 25.5. The van der Waals surface area contributed by atoms with Crippen molar-refractivity contribution in [3.05, 3.63) is 133 Å². The van der Waals surface area contributed by atoms with Crippen LogP contribution in [0.4, 0.5) is 0 Å². The first-order valence-corrected chi connectivity index (χ1v) is 12.5. The Morgan fingerprint density at radius 1 is 0.528 bits per heavy atom. The predicted octanol–water partition coefficient (Wildman–Crippen LogP) is 3.15. The lowest BCUT2D eigenvalue weighted by Crippen LogP contribution is -2.58. The summed E-state index contributed by atoms with van der Waals surface area (Å²) in [7, 11) is -4.69. The van der Waals surface area contributed by atoms with E-state index in [4.69, 9.17) is 18.6 Å². The molecule has 0 amide bonds. The van der Waals surface area contributed by atoms with Gasteiger partial charge < -0.3 is 0 Å². The largest absolute Gasteiger partial charge is 0.219 e. The SMILES string of the molecule is Cc1ccc(-c2cc(-c3ccccc3)[n+](-c3ccccc3)c(-c3ccccc3)c2)cc1.[O-][Cl+3]([O-])([O-])O. The molecule has 5 nitrogen and oxygen atoms in total. The van der Waals surface area contributed by atoms with Crippen molar-refractivity contribution in [2.75, 3.05) is 0 Å². The third kappa shape index (κ3) is 6.64. The summed E-state index contributed by atoms with van der Waals surface area (Å²) in [6.07, 6.45) is 0. The summed E-state index contributed by atoms with van der Waals surface area (Å²) in [5, 5.41) is 0. The Bertz CT molecular complexity index is 1340. The van der Waals surface area contributed by atoms with Crippen molar-refractivity contribution in [2.24, 2.45) is 0 Å². The van der Waals surface area contributed by atoms with E-state index < -0.39 is 10.2 Å². The Morgan fingerprint density at radius 3 is 1.33 bits per heavy atom. The first-order valence-electron chi connectivity index (χ1n) is 11.3. The highest BCUT2D eigenvalue weighted by Gasteiger charge is 2.24. The highest BCUT2D eigenvalue weighted by Crippen LogP contribution is 2.30. The lowest BCUT2D eigenvalue weighted by Gasteiger charge is -2.12. The van der Waals surface area contributed by atoms with Crippen LogP contribution in [0.3, 0.4) is 0 Å². The Balaban J connectivity index is 0.000000556. The normalized spacial score (nSPS) is 10.9. The molecule has 0 aliphatic rings. The fourth-order valence-electron chi connectivity index (χ4n) is 4.01. The van der Waals surface area contributed by atoms with Crippen molar-refractivity contribution in [3.8, 4) is 39.3 Å². The quantitative estimate of drug-likeness (QED) is 0.385. The van der Waals surface area contributed by atoms with Crippen molar-refractivity contribution in [2.45, 2.75) is 6.92 Å². The second-order valence-electron chi connectivity index (χ2n) is 8.18. The number of aryl methyl sites for hydroxylation is 1. The predicted molar refractivity (Wildman–Crippen MR) is 131 cm³/mol. The minimum Gasteiger partial charge on any atom is -0.183 e. The summed E-state index contributed by atoms with van der Waals surface area (Å²) >= 11 is 0. The fraction of sp³-hybridized carbons (Fsp3) is 0.0333. The van der Waals surface area contributed by atoms with Crippen molar-refractivity contribution in [1.29, 1.82) is 0 Å². The Labute approximate surface area is 212 Å². The van der Waals surface area contributed by atoms with E-state index in [0.717, 1.165) is 5.69 Å². The standard InChI is InChI=1S/C30H24N.ClHO4/c1-23-17-19-24(20-18-23)27-21-29(25-11-5-2-6-12-25)31(28-15-9-4-10-16-28)30(22-27)26-13-7-3-8-14-26;2-1(3,4)5/h2-22H,1H3;(H,2,3,4,5)/q+1;. The Kier molecular flexibility index (Phi) is 7.90. The summed E-state index contributed by atoms with van der Waals surface area (Å²) in [5.41, 5.74) is 9.58. The van der Waals surface area contributed by atoms with Crippen LogP contribution in [0.15, 0.2) is 127 Å². The number of aromatic nitrogens is 1. The van der Waals surface area contributed by atoms with Crippen LogP contribution in [-0.4, -0.2) is 4.66 Å². The Morgan fingerprint density at radius 2 is 0.917 bits per heavy atom. The summed E-state index contributed by atoms with van der Waals surface area (Å²) in [4.78, 5) is 0. The van der Waals surface area contributed by atoms with E-state index in [0.29, 0.717) is 0 Å². The van der Waals surface area contributed by atoms with Crippen molar-refractivity contribution >= 4 is 0 Å². The molecule has 180 valence electrons. The molecule has 0 saturated carbocycles. The molecule has 0 unspecified atom stereocenters. The van der Waals surface area contributed by atoms with E-state index in [-0.39, 0.29) is 0 Å². The van der Waals surface area contributed by atoms with Gasteiger partial charge in [0.2, 0.25) is 17.1 Å². The number of hydrogen-bond acceptors (Lipinski definition) is 4. The molecule has 0 atom stereocenters. The molecule has 36 heavy (non-hydrogen) atoms. The molecule has 0 aliphatic heterocycles. The van der Waals surface area contributed by atoms with E-state index >= 15 is 0 Å². The van der Waals surface area contributed by atoms with E-state index in [1.807, 2.05) is 0 Å². The minimum absolute atomic E-state index is 1.15. The minimum atomic E-state index is -4.69. The number of benzene rings is 4. The molecule has 1 heterocycles. The molecular weight excluding hydrogens is 474 g/mol. The molecule has 0 spiro atoms. The zero-order valence-electron chi connectivity index (χ0n) is 19.6. The number of rotatable bonds is 4. The maximum Gasteiger partial charge on any atom is 0.219 e. The van der Waals surface area contributed by atoms with E-state index in [2.05, 4.69) is 139 Å². The average Bonchev–Trinajstić information content (AvgIpc) is 2.89. The number of pyridine rings is 1. The van der Waals surface area contributed by atoms with Gasteiger partial charge in [-0.05, 0) is 42.3 Å². The van der Waals surface area contributed by atoms with Gasteiger partial charge in [0.05, 0.1) is 14.9 Å². The van der Waals surface area contributed by atoms with Gasteiger partial charge in [0.15, 0.2) is 0 Å². The number of halogens is 1. The molecule has 5 aromatic rings. The maximum atomic E-state index is 8.60. The van der Waals surface area contributed by atoms with Gasteiger partial charge in [0.1, 0.15) is 0 Å². The van der Waals surface area contributed by atoms with Crippen LogP contribution in [0.5, 0.6) is 0 Å². The summed E-state index contributed by atoms with van der Waals surface area (Å²) in [5.74, 6) is 0. The first-order chi connectivity index (χ1) is 17.3. The number of nitrogens with zero attached hydrogens (tertiary/aromatic N) is 1. The van der Waals surface area contributed by atoms with Gasteiger partial charge in [-0.1, -0.05) is 84.4 Å². The monoisotopic (exact) mass is 498 g/mol. The lowest BCUT2D eigenvalue weighted by molar-refractivity contribution is -1.92. The van der Waals surface area contributed by atoms with Crippen LogP contribution < -0.4 is 18.5 Å². The molecular formula is C30H25ClNO4+. The molecule has 0 saturated heterocycles. The van der Waals surface area contributed by atoms with Crippen LogP contribution in [-0.2, 0) is 0 Å². The molecule has 1 aromatic heterocycles. The average molecular weight is 499 g/mol. The van der Waals surface area contributed by atoms with E-state index in [1.165, 1.54) is 39.2 Å². The number of hydrogen-bond donors (Lipinski definition) is 1. The molecule has 4 aromatic carbocycles. The maximum absolute atomic E-state index is 8.60. The van der Waals surface area contributed by atoms with Gasteiger partial charge in [0, 0.05) is 35.4 Å². The topological polar surface area (TPSA) is 93.3 Å². The molecule has 1 N–H and O–H groups in total. The van der Waals surface area contributed by atoms with Gasteiger partial charge in [-0.3, -0.25) is 0 Å². The third-order valence-electron chi connectivity index (χ3n) is 5.60. The fourth-order valence-corrected chi connectivity index (χ4v) is 4.01. The summed E-state index contributed by atoms with van der Waals surface area (Å²) < 4.78 is 35.1. The molecule has 0 aliphatic carbocycles. The number of para-hydroxylation sites is 1. The van der Waals surface area contributed by atoms with Gasteiger partial charge in [-0.25, -0.2) is 0 Å². The van der Waals surface area contributed by atoms with Crippen LogP contribution in [0.1, 0.15) is 5.56 Å². The molecule has 6 heteroatoms. The molecule has 0 fully saturated rings. The van der Waals surface area contributed by atoms with Gasteiger partial charge >= 0.3 is 0 Å². The molecule has 0 radical (unpaired) electrons. The van der Waals surface area contributed by atoms with Crippen LogP contribution in [0.25, 0.3) is 39.3 Å². The second kappa shape index (κ2) is 11.3. The molecule has 0 bridgehead atoms. The van der Waals surface area contributed by atoms with Gasteiger partial charge in [-0.2, -0.15) is 18.5 Å². The molecule has 5 rings (SSSR count). The third-order valence-corrected chi connectivity index (χ3v) is 5.60. The first kappa shape index (κ1) is 25.3. The summed E-state index contributed by atoms with van der Waals surface area (Å²) in [6.45, 7) is 2.13. The van der Waals surface area contributed by atoms with Crippen LogP contribution in [0.2, 0.25) is 0 Å². The van der Waals surface area contributed by atoms with Crippen molar-refractivity contribution < 1.29 is 33.4 Å². The smallest absolute Gasteiger partial charge is 0.183 e.